The van der Waals surface area contributed by atoms with Gasteiger partial charge in [0.2, 0.25) is 5.91 Å². The lowest BCUT2D eigenvalue weighted by molar-refractivity contribution is -0.870. The van der Waals surface area contributed by atoms with Gasteiger partial charge in [-0.1, -0.05) is 214 Å². The summed E-state index contributed by atoms with van der Waals surface area (Å²) in [5.41, 5.74) is 0. The number of phosphoric ester groups is 1. The standard InChI is InChI=1S/C56H99N2O6P/c1-6-8-10-12-14-16-17-18-19-20-21-22-23-24-25-26-27-28-29-30-31-32-33-34-35-36-37-38-39-40-41-42-44-46-48-50-56(60)57-54(53-64-65(61,62)63-52-51-58(3,4)5)55(59)49-47-45-43-15-13-11-9-7-2/h8,10,14,16,18-19,21-22,24-25,27-28,30-31,47,49,54-55,59H,6-7,9,11-13,15,17,20,23,26,29,32-46,48,50-53H2,1-5H3,(H-,57,60,61,62)/p+1/b10-8-,16-14-,19-18-,22-21-,25-24-,28-27-,31-30-,49-47+. The fourth-order valence-corrected chi connectivity index (χ4v) is 7.70. The van der Waals surface area contributed by atoms with E-state index in [0.29, 0.717) is 17.4 Å². The monoisotopic (exact) mass is 928 g/mol. The Morgan fingerprint density at radius 2 is 0.923 bits per heavy atom. The Bertz CT molecular complexity index is 1370. The van der Waals surface area contributed by atoms with Crippen LogP contribution in [0.25, 0.3) is 0 Å². The summed E-state index contributed by atoms with van der Waals surface area (Å²) in [7, 11) is 1.56. The van der Waals surface area contributed by atoms with Crippen LogP contribution in [-0.2, 0) is 18.4 Å². The van der Waals surface area contributed by atoms with Crippen molar-refractivity contribution < 1.29 is 32.9 Å². The molecule has 0 rings (SSSR count). The number of carbonyl (C=O) groups excluding carboxylic acids is 1. The lowest BCUT2D eigenvalue weighted by Crippen LogP contribution is -2.45. The minimum Gasteiger partial charge on any atom is -0.387 e. The predicted octanol–water partition coefficient (Wildman–Crippen LogP) is 15.5. The molecule has 1 amide bonds. The van der Waals surface area contributed by atoms with Gasteiger partial charge in [0.15, 0.2) is 0 Å². The number of nitrogens with one attached hydrogen (secondary N) is 1. The number of rotatable bonds is 46. The fourth-order valence-electron chi connectivity index (χ4n) is 6.96. The number of nitrogens with zero attached hydrogens (tertiary/aromatic N) is 1. The molecule has 0 aliphatic carbocycles. The first-order valence-corrected chi connectivity index (χ1v) is 27.6. The lowest BCUT2D eigenvalue weighted by Gasteiger charge is -2.25. The number of quaternary nitrogens is 1. The Morgan fingerprint density at radius 3 is 1.35 bits per heavy atom. The number of unbranched alkanes of at least 4 members (excludes halogenated alkanes) is 19. The van der Waals surface area contributed by atoms with E-state index >= 15 is 0 Å². The van der Waals surface area contributed by atoms with E-state index < -0.39 is 20.0 Å². The molecule has 0 aliphatic rings. The van der Waals surface area contributed by atoms with Gasteiger partial charge in [-0.15, -0.1) is 0 Å². The van der Waals surface area contributed by atoms with Gasteiger partial charge in [0.1, 0.15) is 13.2 Å². The van der Waals surface area contributed by atoms with Gasteiger partial charge >= 0.3 is 7.82 Å². The van der Waals surface area contributed by atoms with Crippen LogP contribution in [0.2, 0.25) is 0 Å². The molecular formula is C56H100N2O6P+. The highest BCUT2D eigenvalue weighted by atomic mass is 31.2. The van der Waals surface area contributed by atoms with Gasteiger partial charge < -0.3 is 19.8 Å². The van der Waals surface area contributed by atoms with Crippen LogP contribution in [0.15, 0.2) is 97.2 Å². The van der Waals surface area contributed by atoms with E-state index in [2.05, 4.69) is 104 Å². The normalized spacial score (nSPS) is 14.9. The highest BCUT2D eigenvalue weighted by molar-refractivity contribution is 7.47. The third kappa shape index (κ3) is 49.2. The van der Waals surface area contributed by atoms with E-state index in [1.165, 1.54) is 96.3 Å². The average Bonchev–Trinajstić information content (AvgIpc) is 3.26. The lowest BCUT2D eigenvalue weighted by atomic mass is 10.0. The molecule has 0 saturated carbocycles. The summed E-state index contributed by atoms with van der Waals surface area (Å²) in [4.78, 5) is 23.1. The maximum atomic E-state index is 12.9. The van der Waals surface area contributed by atoms with Crippen molar-refractivity contribution in [3.63, 3.8) is 0 Å². The smallest absolute Gasteiger partial charge is 0.387 e. The largest absolute Gasteiger partial charge is 0.472 e. The highest BCUT2D eigenvalue weighted by Crippen LogP contribution is 2.43. The van der Waals surface area contributed by atoms with Gasteiger partial charge in [-0.05, 0) is 77.0 Å². The highest BCUT2D eigenvalue weighted by Gasteiger charge is 2.27. The number of allylic oxidation sites excluding steroid dienone is 15. The van der Waals surface area contributed by atoms with Crippen LogP contribution in [0.4, 0.5) is 0 Å². The molecule has 65 heavy (non-hydrogen) atoms. The number of aliphatic hydroxyl groups excluding tert-OH is 1. The minimum atomic E-state index is -4.34. The molecule has 9 heteroatoms. The van der Waals surface area contributed by atoms with E-state index in [1.54, 1.807) is 6.08 Å². The van der Waals surface area contributed by atoms with Crippen LogP contribution in [-0.4, -0.2) is 73.4 Å². The third-order valence-electron chi connectivity index (χ3n) is 11.1. The second-order valence-corrected chi connectivity index (χ2v) is 20.0. The van der Waals surface area contributed by atoms with E-state index in [-0.39, 0.29) is 19.1 Å². The summed E-state index contributed by atoms with van der Waals surface area (Å²) < 4.78 is 23.5. The molecule has 3 N–H and O–H groups in total. The average molecular weight is 928 g/mol. The molecule has 0 aromatic rings. The Kier molecular flexibility index (Phi) is 44.7. The van der Waals surface area contributed by atoms with Gasteiger partial charge in [0.25, 0.3) is 0 Å². The number of phosphoric acid groups is 1. The first-order valence-electron chi connectivity index (χ1n) is 26.1. The first-order chi connectivity index (χ1) is 31.5. The second-order valence-electron chi connectivity index (χ2n) is 18.5. The zero-order valence-corrected chi connectivity index (χ0v) is 43.3. The van der Waals surface area contributed by atoms with Crippen LogP contribution in [0.5, 0.6) is 0 Å². The van der Waals surface area contributed by atoms with E-state index in [0.717, 1.165) is 83.5 Å². The number of carbonyl (C=O) groups is 1. The molecule has 374 valence electrons. The third-order valence-corrected chi connectivity index (χ3v) is 12.0. The molecular weight excluding hydrogens is 828 g/mol. The summed E-state index contributed by atoms with van der Waals surface area (Å²) in [6.45, 7) is 4.64. The van der Waals surface area contributed by atoms with Crippen molar-refractivity contribution in [2.45, 2.75) is 212 Å². The summed E-state index contributed by atoms with van der Waals surface area (Å²) in [5, 5.41) is 13.8. The summed E-state index contributed by atoms with van der Waals surface area (Å²) in [6.07, 6.45) is 66.6. The van der Waals surface area contributed by atoms with Gasteiger partial charge in [-0.25, -0.2) is 4.57 Å². The molecule has 3 unspecified atom stereocenters. The number of aliphatic hydroxyl groups is 1. The molecule has 3 atom stereocenters. The molecule has 0 spiro atoms. The van der Waals surface area contributed by atoms with Crippen molar-refractivity contribution in [2.75, 3.05) is 40.9 Å². The van der Waals surface area contributed by atoms with Crippen molar-refractivity contribution in [3.8, 4) is 0 Å². The van der Waals surface area contributed by atoms with Gasteiger partial charge in [0, 0.05) is 6.42 Å². The van der Waals surface area contributed by atoms with Crippen LogP contribution in [0.1, 0.15) is 200 Å². The number of amides is 1. The molecule has 0 saturated heterocycles. The molecule has 8 nitrogen and oxygen atoms in total. The zero-order valence-electron chi connectivity index (χ0n) is 42.4. The number of likely N-dealkylation sites (N-methyl/N-ethyl adjacent to an activating group) is 1. The molecule has 0 aromatic heterocycles. The maximum absolute atomic E-state index is 12.9. The van der Waals surface area contributed by atoms with Crippen LogP contribution in [0.3, 0.4) is 0 Å². The van der Waals surface area contributed by atoms with Crippen molar-refractivity contribution in [1.29, 1.82) is 0 Å². The van der Waals surface area contributed by atoms with Gasteiger partial charge in [-0.2, -0.15) is 0 Å². The van der Waals surface area contributed by atoms with Crippen molar-refractivity contribution in [2.24, 2.45) is 0 Å². The Hall–Kier alpha value is -2.58. The van der Waals surface area contributed by atoms with Crippen molar-refractivity contribution in [1.82, 2.24) is 5.32 Å². The maximum Gasteiger partial charge on any atom is 0.472 e. The number of hydrogen-bond donors (Lipinski definition) is 3. The van der Waals surface area contributed by atoms with E-state index in [4.69, 9.17) is 9.05 Å². The van der Waals surface area contributed by atoms with Crippen LogP contribution in [0, 0.1) is 0 Å². The topological polar surface area (TPSA) is 105 Å². The zero-order chi connectivity index (χ0) is 47.8. The van der Waals surface area contributed by atoms with Crippen LogP contribution < -0.4 is 5.32 Å². The molecule has 0 bridgehead atoms. The van der Waals surface area contributed by atoms with E-state index in [1.807, 2.05) is 27.2 Å². The fraction of sp³-hybridized carbons (Fsp3) is 0.696. The Morgan fingerprint density at radius 1 is 0.538 bits per heavy atom. The van der Waals surface area contributed by atoms with Crippen LogP contribution >= 0.6 is 7.82 Å². The molecule has 0 radical (unpaired) electrons. The summed E-state index contributed by atoms with van der Waals surface area (Å²) >= 11 is 0. The van der Waals surface area contributed by atoms with Gasteiger partial charge in [0.05, 0.1) is 39.9 Å². The molecule has 0 heterocycles. The first kappa shape index (κ1) is 62.4. The Labute approximate surface area is 400 Å². The quantitative estimate of drug-likeness (QED) is 0.0243. The summed E-state index contributed by atoms with van der Waals surface area (Å²) in [5.74, 6) is -0.186. The molecule has 0 aliphatic heterocycles. The van der Waals surface area contributed by atoms with Crippen molar-refractivity contribution >= 4 is 13.7 Å². The summed E-state index contributed by atoms with van der Waals surface area (Å²) in [6, 6.07) is -0.849. The van der Waals surface area contributed by atoms with E-state index in [9.17, 15) is 19.4 Å². The SMILES string of the molecule is CC/C=C\C/C=C\C/C=C\C/C=C\C/C=C\C/C=C\C/C=C\CCCCCCCCCCCCCCCC(=O)NC(COP(=O)(O)OCC[N+](C)(C)C)C(O)/C=C/CCCCCCCC. The molecule has 0 fully saturated rings. The number of hydrogen-bond acceptors (Lipinski definition) is 5. The second kappa shape index (κ2) is 46.5. The molecule has 0 aromatic carbocycles. The predicted molar refractivity (Wildman–Crippen MR) is 281 cm³/mol. The van der Waals surface area contributed by atoms with Crippen molar-refractivity contribution in [3.05, 3.63) is 97.2 Å². The minimum absolute atomic E-state index is 0.0573. The van der Waals surface area contributed by atoms with Gasteiger partial charge in [-0.3, -0.25) is 13.8 Å². The Balaban J connectivity index is 4.00.